The van der Waals surface area contributed by atoms with Gasteiger partial charge in [-0.25, -0.2) is 4.21 Å². The number of rotatable bonds is 17. The molecule has 1 saturated heterocycles. The van der Waals surface area contributed by atoms with E-state index in [0.29, 0.717) is 17.0 Å². The van der Waals surface area contributed by atoms with Gasteiger partial charge in [0.15, 0.2) is 0 Å². The van der Waals surface area contributed by atoms with Crippen LogP contribution in [0.15, 0.2) is 24.3 Å². The second-order valence-corrected chi connectivity index (χ2v) is 14.3. The molecule has 10 nitrogen and oxygen atoms in total. The molecule has 228 valence electrons. The zero-order valence-corrected chi connectivity index (χ0v) is 26.2. The standard InChI is InChI=1S/C28H41ClN4O6S2/c1-4-30-28(38)26(36)22(16-19-9-11-20(29)12-10-19)33-27(37)23(15-18(2)3)32-25(35)17-31-24(34)8-6-5-7-21-13-14-40-41(21)39/h9-12,18,21-23H,4-8,13-17H2,1-3H3,(H,30,38)(H,31,34)(H,32,35)(H,33,37)/t21?,22-,23-,41?/m0/s1. The van der Waals surface area contributed by atoms with Crippen molar-refractivity contribution in [2.45, 2.75) is 83.1 Å². The van der Waals surface area contributed by atoms with E-state index < -0.39 is 45.4 Å². The molecule has 0 saturated carbocycles. The molecular formula is C28H41ClN4O6S2. The van der Waals surface area contributed by atoms with Gasteiger partial charge in [-0.2, -0.15) is 0 Å². The summed E-state index contributed by atoms with van der Waals surface area (Å²) in [4.78, 5) is 63.3. The van der Waals surface area contributed by atoms with E-state index in [9.17, 15) is 28.2 Å². The summed E-state index contributed by atoms with van der Waals surface area (Å²) < 4.78 is 11.8. The Morgan fingerprint density at radius 2 is 1.71 bits per heavy atom. The molecule has 0 bridgehead atoms. The predicted molar refractivity (Wildman–Crippen MR) is 163 cm³/mol. The molecular weight excluding hydrogens is 588 g/mol. The summed E-state index contributed by atoms with van der Waals surface area (Å²) in [5.41, 5.74) is 0.694. The Morgan fingerprint density at radius 1 is 1.00 bits per heavy atom. The third kappa shape index (κ3) is 13.0. The number of amides is 4. The summed E-state index contributed by atoms with van der Waals surface area (Å²) in [7, 11) is 0.647. The maximum absolute atomic E-state index is 13.3. The third-order valence-corrected chi connectivity index (χ3v) is 10.4. The SMILES string of the molecule is CCNC(=O)C(=O)[C@H](Cc1ccc(Cl)cc1)NC(=O)[C@H](CC(C)C)NC(=O)CNC(=O)CCCCC1CCSS1=O. The lowest BCUT2D eigenvalue weighted by Gasteiger charge is -2.24. The van der Waals surface area contributed by atoms with Crippen LogP contribution in [-0.2, 0) is 40.2 Å². The van der Waals surface area contributed by atoms with E-state index in [4.69, 9.17) is 11.6 Å². The summed E-state index contributed by atoms with van der Waals surface area (Å²) in [6.07, 6.45) is 3.79. The summed E-state index contributed by atoms with van der Waals surface area (Å²) in [5, 5.41) is 11.0. The molecule has 0 aliphatic carbocycles. The molecule has 0 radical (unpaired) electrons. The Balaban J connectivity index is 1.93. The Labute approximate surface area is 253 Å². The van der Waals surface area contributed by atoms with Gasteiger partial charge in [-0.05, 0) is 56.2 Å². The van der Waals surface area contributed by atoms with E-state index in [0.717, 1.165) is 25.0 Å². The van der Waals surface area contributed by atoms with Crippen molar-refractivity contribution in [2.24, 2.45) is 5.92 Å². The maximum atomic E-state index is 13.3. The van der Waals surface area contributed by atoms with Crippen molar-refractivity contribution in [3.8, 4) is 0 Å². The lowest BCUT2D eigenvalue weighted by atomic mass is 9.99. The molecule has 1 aliphatic heterocycles. The first-order valence-electron chi connectivity index (χ1n) is 14.0. The summed E-state index contributed by atoms with van der Waals surface area (Å²) >= 11 is 5.95. The molecule has 1 aromatic carbocycles. The molecule has 2 unspecified atom stereocenters. The van der Waals surface area contributed by atoms with Crippen LogP contribution in [0.25, 0.3) is 0 Å². The minimum Gasteiger partial charge on any atom is -0.350 e. The Morgan fingerprint density at radius 3 is 2.32 bits per heavy atom. The maximum Gasteiger partial charge on any atom is 0.289 e. The van der Waals surface area contributed by atoms with Gasteiger partial charge in [-0.3, -0.25) is 24.0 Å². The molecule has 0 aromatic heterocycles. The van der Waals surface area contributed by atoms with Crippen LogP contribution in [-0.4, -0.2) is 69.8 Å². The summed E-state index contributed by atoms with van der Waals surface area (Å²) in [6, 6.07) is 4.59. The second kappa shape index (κ2) is 18.2. The van der Waals surface area contributed by atoms with Crippen molar-refractivity contribution in [1.82, 2.24) is 21.3 Å². The van der Waals surface area contributed by atoms with E-state index in [1.807, 2.05) is 13.8 Å². The van der Waals surface area contributed by atoms with Gasteiger partial charge in [0.05, 0.1) is 16.4 Å². The number of carbonyl (C=O) groups is 5. The molecule has 1 aliphatic rings. The number of halogens is 1. The van der Waals surface area contributed by atoms with Gasteiger partial charge in [0.2, 0.25) is 23.5 Å². The minimum absolute atomic E-state index is 0.0297. The van der Waals surface area contributed by atoms with Crippen molar-refractivity contribution >= 4 is 61.6 Å². The van der Waals surface area contributed by atoms with Crippen LogP contribution < -0.4 is 21.3 Å². The number of nitrogens with one attached hydrogen (secondary N) is 4. The van der Waals surface area contributed by atoms with Gasteiger partial charge < -0.3 is 21.3 Å². The highest BCUT2D eigenvalue weighted by atomic mass is 35.5. The molecule has 4 amide bonds. The lowest BCUT2D eigenvalue weighted by Crippen LogP contribution is -2.55. The number of unbranched alkanes of at least 4 members (excludes halogenated alkanes) is 1. The minimum atomic E-state index is -1.15. The van der Waals surface area contributed by atoms with Crippen LogP contribution in [0, 0.1) is 5.92 Å². The van der Waals surface area contributed by atoms with E-state index in [2.05, 4.69) is 21.3 Å². The Kier molecular flexibility index (Phi) is 15.4. The van der Waals surface area contributed by atoms with Gasteiger partial charge in [0.1, 0.15) is 12.1 Å². The van der Waals surface area contributed by atoms with Crippen molar-refractivity contribution in [1.29, 1.82) is 0 Å². The van der Waals surface area contributed by atoms with Crippen LogP contribution in [0.2, 0.25) is 5.02 Å². The molecule has 1 aromatic rings. The van der Waals surface area contributed by atoms with Crippen LogP contribution in [0.3, 0.4) is 0 Å². The zero-order valence-electron chi connectivity index (χ0n) is 23.8. The molecule has 2 rings (SSSR count). The first kappa shape index (κ1) is 34.8. The van der Waals surface area contributed by atoms with E-state index in [1.165, 1.54) is 10.8 Å². The second-order valence-electron chi connectivity index (χ2n) is 10.4. The van der Waals surface area contributed by atoms with Crippen LogP contribution in [0.1, 0.15) is 64.9 Å². The summed E-state index contributed by atoms with van der Waals surface area (Å²) in [5.74, 6) is -2.08. The third-order valence-electron chi connectivity index (χ3n) is 6.44. The fourth-order valence-corrected chi connectivity index (χ4v) is 7.93. The van der Waals surface area contributed by atoms with E-state index >= 15 is 0 Å². The molecule has 41 heavy (non-hydrogen) atoms. The number of carbonyl (C=O) groups excluding carboxylic acids is 5. The molecule has 4 atom stereocenters. The molecule has 13 heteroatoms. The number of likely N-dealkylation sites (N-methyl/N-ethyl adjacent to an activating group) is 1. The molecule has 0 spiro atoms. The lowest BCUT2D eigenvalue weighted by molar-refractivity contribution is -0.140. The number of Topliss-reactive ketones (excluding diaryl/α,β-unsaturated/α-hetero) is 1. The van der Waals surface area contributed by atoms with Gasteiger partial charge in [-0.1, -0.05) is 54.8 Å². The number of ketones is 1. The van der Waals surface area contributed by atoms with Crippen molar-refractivity contribution in [3.63, 3.8) is 0 Å². The highest BCUT2D eigenvalue weighted by Crippen LogP contribution is 2.29. The van der Waals surface area contributed by atoms with Gasteiger partial charge >= 0.3 is 0 Å². The molecule has 1 heterocycles. The fraction of sp³-hybridized carbons (Fsp3) is 0.607. The number of hydrogen-bond donors (Lipinski definition) is 4. The highest BCUT2D eigenvalue weighted by molar-refractivity contribution is 8.69. The number of hydrogen-bond acceptors (Lipinski definition) is 7. The molecule has 1 fully saturated rings. The van der Waals surface area contributed by atoms with Crippen molar-refractivity contribution in [2.75, 3.05) is 18.8 Å². The van der Waals surface area contributed by atoms with E-state index in [1.54, 1.807) is 31.2 Å². The number of benzene rings is 1. The summed E-state index contributed by atoms with van der Waals surface area (Å²) in [6.45, 7) is 5.42. The van der Waals surface area contributed by atoms with E-state index in [-0.39, 0.29) is 49.4 Å². The Hall–Kier alpha value is -2.44. The monoisotopic (exact) mass is 628 g/mol. The average Bonchev–Trinajstić information content (AvgIpc) is 3.34. The molecule has 4 N–H and O–H groups in total. The Bertz CT molecular complexity index is 1090. The smallest absolute Gasteiger partial charge is 0.289 e. The van der Waals surface area contributed by atoms with Gasteiger partial charge in [-0.15, -0.1) is 0 Å². The highest BCUT2D eigenvalue weighted by Gasteiger charge is 2.30. The van der Waals surface area contributed by atoms with Crippen LogP contribution in [0.4, 0.5) is 0 Å². The van der Waals surface area contributed by atoms with Gasteiger partial charge in [0, 0.05) is 35.4 Å². The topological polar surface area (TPSA) is 151 Å². The normalized spacial score (nSPS) is 17.9. The van der Waals surface area contributed by atoms with Gasteiger partial charge in [0.25, 0.3) is 5.91 Å². The first-order valence-corrected chi connectivity index (χ1v) is 17.1. The predicted octanol–water partition coefficient (Wildman–Crippen LogP) is 2.45. The first-order chi connectivity index (χ1) is 19.5. The van der Waals surface area contributed by atoms with Crippen LogP contribution in [0.5, 0.6) is 0 Å². The van der Waals surface area contributed by atoms with Crippen molar-refractivity contribution in [3.05, 3.63) is 34.9 Å². The largest absolute Gasteiger partial charge is 0.350 e. The van der Waals surface area contributed by atoms with Crippen LogP contribution >= 0.6 is 22.4 Å². The average molecular weight is 629 g/mol. The quantitative estimate of drug-likeness (QED) is 0.118. The fourth-order valence-electron chi connectivity index (χ4n) is 4.31. The van der Waals surface area contributed by atoms with Crippen molar-refractivity contribution < 1.29 is 28.2 Å². The zero-order chi connectivity index (χ0) is 30.4.